The molecule has 0 aromatic rings. The van der Waals surface area contributed by atoms with Crippen molar-refractivity contribution in [2.75, 3.05) is 33.5 Å². The first-order valence-corrected chi connectivity index (χ1v) is 6.63. The normalized spacial score (nSPS) is 17.6. The van der Waals surface area contributed by atoms with Gasteiger partial charge in [0.15, 0.2) is 0 Å². The lowest BCUT2D eigenvalue weighted by atomic mass is 10.0. The van der Waals surface area contributed by atoms with Crippen molar-refractivity contribution in [2.45, 2.75) is 45.1 Å². The number of hydrogen-bond donors (Lipinski definition) is 1. The first-order valence-electron chi connectivity index (χ1n) is 6.63. The molecule has 0 saturated heterocycles. The van der Waals surface area contributed by atoms with E-state index in [2.05, 4.69) is 12.2 Å². The topological polar surface area (TPSA) is 30.5 Å². The van der Waals surface area contributed by atoms with Crippen molar-refractivity contribution < 1.29 is 9.47 Å². The van der Waals surface area contributed by atoms with Crippen molar-refractivity contribution in [3.05, 3.63) is 0 Å². The molecule has 1 rings (SSSR count). The van der Waals surface area contributed by atoms with Crippen molar-refractivity contribution in [3.63, 3.8) is 0 Å². The molecule has 1 saturated carbocycles. The largest absolute Gasteiger partial charge is 0.382 e. The molecule has 3 nitrogen and oxygen atoms in total. The fraction of sp³-hybridized carbons (Fsp3) is 1.00. The number of nitrogens with one attached hydrogen (secondary N) is 1. The summed E-state index contributed by atoms with van der Waals surface area (Å²) in [5, 5.41) is 3.56. The monoisotopic (exact) mass is 229 g/mol. The van der Waals surface area contributed by atoms with Gasteiger partial charge in [-0.05, 0) is 44.6 Å². The molecule has 1 aliphatic carbocycles. The summed E-state index contributed by atoms with van der Waals surface area (Å²) in [5.41, 5.74) is 0. The van der Waals surface area contributed by atoms with E-state index in [-0.39, 0.29) is 0 Å². The molecule has 0 radical (unpaired) electrons. The maximum absolute atomic E-state index is 5.44. The lowest BCUT2D eigenvalue weighted by Gasteiger charge is -2.11. The molecule has 0 amide bonds. The maximum atomic E-state index is 5.44. The highest BCUT2D eigenvalue weighted by Crippen LogP contribution is 2.19. The van der Waals surface area contributed by atoms with Gasteiger partial charge in [0, 0.05) is 19.8 Å². The Morgan fingerprint density at radius 3 is 2.69 bits per heavy atom. The molecular formula is C13H27NO2. The van der Waals surface area contributed by atoms with E-state index in [0.717, 1.165) is 25.2 Å². The van der Waals surface area contributed by atoms with Gasteiger partial charge >= 0.3 is 0 Å². The minimum atomic E-state index is 0.709. The zero-order chi connectivity index (χ0) is 11.6. The Morgan fingerprint density at radius 2 is 2.00 bits per heavy atom. The third-order valence-corrected chi connectivity index (χ3v) is 3.06. The third kappa shape index (κ3) is 8.08. The van der Waals surface area contributed by atoms with Crippen LogP contribution in [0.5, 0.6) is 0 Å². The van der Waals surface area contributed by atoms with Crippen LogP contribution in [0.1, 0.15) is 39.0 Å². The van der Waals surface area contributed by atoms with Crippen LogP contribution < -0.4 is 5.32 Å². The van der Waals surface area contributed by atoms with Crippen molar-refractivity contribution in [2.24, 2.45) is 5.92 Å². The van der Waals surface area contributed by atoms with E-state index in [4.69, 9.17) is 9.47 Å². The van der Waals surface area contributed by atoms with Crippen LogP contribution in [-0.4, -0.2) is 39.5 Å². The zero-order valence-electron chi connectivity index (χ0n) is 10.8. The zero-order valence-corrected chi connectivity index (χ0v) is 10.8. The summed E-state index contributed by atoms with van der Waals surface area (Å²) in [4.78, 5) is 0. The van der Waals surface area contributed by atoms with E-state index < -0.39 is 0 Å². The van der Waals surface area contributed by atoms with Crippen LogP contribution in [0.2, 0.25) is 0 Å². The Morgan fingerprint density at radius 1 is 1.19 bits per heavy atom. The highest BCUT2D eigenvalue weighted by Gasteiger charge is 2.19. The summed E-state index contributed by atoms with van der Waals surface area (Å²) in [6.07, 6.45) is 6.53. The van der Waals surface area contributed by atoms with E-state index in [1.807, 2.05) is 0 Å². The van der Waals surface area contributed by atoms with Crippen LogP contribution in [0.15, 0.2) is 0 Å². The third-order valence-electron chi connectivity index (χ3n) is 3.06. The van der Waals surface area contributed by atoms with Gasteiger partial charge in [0.1, 0.15) is 0 Å². The molecule has 96 valence electrons. The molecule has 3 heteroatoms. The van der Waals surface area contributed by atoms with E-state index in [1.54, 1.807) is 7.11 Å². The van der Waals surface area contributed by atoms with Crippen molar-refractivity contribution in [1.82, 2.24) is 5.32 Å². The molecule has 0 aliphatic heterocycles. The summed E-state index contributed by atoms with van der Waals surface area (Å²) in [7, 11) is 1.71. The molecule has 1 unspecified atom stereocenters. The molecular weight excluding hydrogens is 202 g/mol. The van der Waals surface area contributed by atoms with Crippen LogP contribution >= 0.6 is 0 Å². The smallest absolute Gasteiger partial charge is 0.0700 e. The van der Waals surface area contributed by atoms with Crippen molar-refractivity contribution in [1.29, 1.82) is 0 Å². The lowest BCUT2D eigenvalue weighted by molar-refractivity contribution is 0.0673. The Labute approximate surface area is 99.9 Å². The lowest BCUT2D eigenvalue weighted by Crippen LogP contribution is -2.19. The minimum absolute atomic E-state index is 0.709. The van der Waals surface area contributed by atoms with Crippen LogP contribution in [0.25, 0.3) is 0 Å². The van der Waals surface area contributed by atoms with E-state index in [9.17, 15) is 0 Å². The predicted molar refractivity (Wildman–Crippen MR) is 66.7 cm³/mol. The standard InChI is InChI=1S/C13H27NO2/c1-12(7-8-14-13-5-6-13)4-3-9-16-11-10-15-2/h12-14H,3-11H2,1-2H3. The highest BCUT2D eigenvalue weighted by atomic mass is 16.5. The Kier molecular flexibility index (Phi) is 7.81. The average Bonchev–Trinajstić information content (AvgIpc) is 3.07. The van der Waals surface area contributed by atoms with Gasteiger partial charge in [-0.15, -0.1) is 0 Å². The Hall–Kier alpha value is -0.120. The average molecular weight is 229 g/mol. The minimum Gasteiger partial charge on any atom is -0.382 e. The maximum Gasteiger partial charge on any atom is 0.0700 e. The molecule has 1 N–H and O–H groups in total. The van der Waals surface area contributed by atoms with Crippen LogP contribution in [-0.2, 0) is 9.47 Å². The van der Waals surface area contributed by atoms with Gasteiger partial charge in [0.2, 0.25) is 0 Å². The number of methoxy groups -OCH3 is 1. The van der Waals surface area contributed by atoms with Gasteiger partial charge in [-0.1, -0.05) is 6.92 Å². The molecule has 1 aliphatic rings. The summed E-state index contributed by atoms with van der Waals surface area (Å²) in [5.74, 6) is 0.817. The van der Waals surface area contributed by atoms with Crippen molar-refractivity contribution >= 4 is 0 Å². The van der Waals surface area contributed by atoms with Gasteiger partial charge in [-0.3, -0.25) is 0 Å². The summed E-state index contributed by atoms with van der Waals surface area (Å²) in [6, 6.07) is 0.851. The molecule has 0 aromatic carbocycles. The molecule has 1 atom stereocenters. The van der Waals surface area contributed by atoms with Crippen LogP contribution in [0, 0.1) is 5.92 Å². The molecule has 0 bridgehead atoms. The Bertz CT molecular complexity index is 160. The number of rotatable bonds is 11. The van der Waals surface area contributed by atoms with Gasteiger partial charge in [-0.25, -0.2) is 0 Å². The van der Waals surface area contributed by atoms with E-state index in [1.165, 1.54) is 38.6 Å². The SMILES string of the molecule is COCCOCCCC(C)CCNC1CC1. The first kappa shape index (κ1) is 13.9. The second-order valence-electron chi connectivity index (χ2n) is 4.87. The fourth-order valence-electron chi connectivity index (χ4n) is 1.74. The fourth-order valence-corrected chi connectivity index (χ4v) is 1.74. The molecule has 0 heterocycles. The first-order chi connectivity index (χ1) is 7.83. The van der Waals surface area contributed by atoms with Crippen LogP contribution in [0.4, 0.5) is 0 Å². The van der Waals surface area contributed by atoms with Gasteiger partial charge in [0.05, 0.1) is 13.2 Å². The van der Waals surface area contributed by atoms with E-state index >= 15 is 0 Å². The highest BCUT2D eigenvalue weighted by molar-refractivity contribution is 4.80. The number of hydrogen-bond acceptors (Lipinski definition) is 3. The summed E-state index contributed by atoms with van der Waals surface area (Å²) in [6.45, 7) is 5.85. The molecule has 1 fully saturated rings. The Balaban J connectivity index is 1.76. The van der Waals surface area contributed by atoms with Crippen LogP contribution in [0.3, 0.4) is 0 Å². The quantitative estimate of drug-likeness (QED) is 0.551. The summed E-state index contributed by atoms with van der Waals surface area (Å²) < 4.78 is 10.4. The molecule has 0 aromatic heterocycles. The van der Waals surface area contributed by atoms with E-state index in [0.29, 0.717) is 6.61 Å². The second kappa shape index (κ2) is 8.97. The second-order valence-corrected chi connectivity index (χ2v) is 4.87. The van der Waals surface area contributed by atoms with Gasteiger partial charge in [-0.2, -0.15) is 0 Å². The van der Waals surface area contributed by atoms with Crippen molar-refractivity contribution in [3.8, 4) is 0 Å². The molecule has 16 heavy (non-hydrogen) atoms. The summed E-state index contributed by atoms with van der Waals surface area (Å²) >= 11 is 0. The van der Waals surface area contributed by atoms with Gasteiger partial charge < -0.3 is 14.8 Å². The predicted octanol–water partition coefficient (Wildman–Crippen LogP) is 2.21. The molecule has 0 spiro atoms. The number of ether oxygens (including phenoxy) is 2. The van der Waals surface area contributed by atoms with Gasteiger partial charge in [0.25, 0.3) is 0 Å².